The van der Waals surface area contributed by atoms with Crippen molar-refractivity contribution in [3.05, 3.63) is 39.9 Å². The van der Waals surface area contributed by atoms with Gasteiger partial charge in [-0.1, -0.05) is 12.1 Å². The summed E-state index contributed by atoms with van der Waals surface area (Å²) in [5, 5.41) is 19.6. The Kier molecular flexibility index (Phi) is 2.16. The van der Waals surface area contributed by atoms with Gasteiger partial charge in [0.05, 0.1) is 10.5 Å². The Morgan fingerprint density at radius 1 is 1.56 bits per heavy atom. The van der Waals surface area contributed by atoms with E-state index in [-0.39, 0.29) is 5.69 Å². The molecule has 0 saturated carbocycles. The molecule has 0 aromatic heterocycles. The van der Waals surface area contributed by atoms with Gasteiger partial charge >= 0.3 is 5.97 Å². The monoisotopic (exact) mass is 223 g/mol. The van der Waals surface area contributed by atoms with Crippen LogP contribution in [0.1, 0.15) is 18.6 Å². The maximum absolute atomic E-state index is 10.9. The number of nitro benzene ring substituents is 1. The topological polar surface area (TPSA) is 93.0 Å². The van der Waals surface area contributed by atoms with Crippen molar-refractivity contribution in [2.75, 3.05) is 0 Å². The van der Waals surface area contributed by atoms with Crippen LogP contribution in [0.5, 0.6) is 0 Å². The molecule has 1 aliphatic rings. The van der Waals surface area contributed by atoms with Gasteiger partial charge in [0, 0.05) is 6.07 Å². The van der Waals surface area contributed by atoms with E-state index >= 15 is 0 Å². The lowest BCUT2D eigenvalue weighted by molar-refractivity contribution is -0.385. The summed E-state index contributed by atoms with van der Waals surface area (Å²) in [5.74, 6) is -1.12. The summed E-state index contributed by atoms with van der Waals surface area (Å²) < 4.78 is 5.04. The number of ether oxygens (including phenoxy) is 1. The minimum atomic E-state index is -1.34. The predicted octanol–water partition coefficient (Wildman–Crippen LogP) is 1.51. The number of carboxylic acids is 1. The first-order valence-electron chi connectivity index (χ1n) is 4.61. The highest BCUT2D eigenvalue weighted by molar-refractivity contribution is 5.81. The second-order valence-electron chi connectivity index (χ2n) is 3.73. The highest BCUT2D eigenvalue weighted by Gasteiger charge is 2.61. The molecule has 1 N–H and O–H groups in total. The van der Waals surface area contributed by atoms with E-state index in [1.165, 1.54) is 25.1 Å². The molecule has 16 heavy (non-hydrogen) atoms. The van der Waals surface area contributed by atoms with Crippen molar-refractivity contribution in [2.24, 2.45) is 0 Å². The molecule has 1 aromatic carbocycles. The number of aliphatic carboxylic acids is 1. The first kappa shape index (κ1) is 10.6. The van der Waals surface area contributed by atoms with Crippen LogP contribution in [0.25, 0.3) is 0 Å². The number of nitrogens with zero attached hydrogens (tertiary/aromatic N) is 1. The maximum atomic E-state index is 10.9. The molecule has 0 bridgehead atoms. The Morgan fingerprint density at radius 3 is 2.69 bits per heavy atom. The molecule has 2 atom stereocenters. The second-order valence-corrected chi connectivity index (χ2v) is 3.73. The van der Waals surface area contributed by atoms with Crippen molar-refractivity contribution >= 4 is 11.7 Å². The molecule has 1 fully saturated rings. The normalized spacial score (nSPS) is 27.4. The molecule has 6 heteroatoms. The van der Waals surface area contributed by atoms with Crippen LogP contribution in [-0.4, -0.2) is 21.6 Å². The minimum Gasteiger partial charge on any atom is -0.479 e. The third kappa shape index (κ3) is 1.43. The number of hydrogen-bond donors (Lipinski definition) is 1. The van der Waals surface area contributed by atoms with Crippen molar-refractivity contribution in [3.63, 3.8) is 0 Å². The Labute approximate surface area is 90.6 Å². The van der Waals surface area contributed by atoms with E-state index in [0.29, 0.717) is 5.56 Å². The van der Waals surface area contributed by atoms with Gasteiger partial charge in [0.15, 0.2) is 5.60 Å². The summed E-state index contributed by atoms with van der Waals surface area (Å²) in [4.78, 5) is 21.0. The van der Waals surface area contributed by atoms with Crippen LogP contribution in [0.2, 0.25) is 0 Å². The van der Waals surface area contributed by atoms with Crippen LogP contribution in [0, 0.1) is 10.1 Å². The van der Waals surface area contributed by atoms with E-state index in [4.69, 9.17) is 9.84 Å². The summed E-state index contributed by atoms with van der Waals surface area (Å²) >= 11 is 0. The van der Waals surface area contributed by atoms with Gasteiger partial charge in [0.1, 0.15) is 6.10 Å². The summed E-state index contributed by atoms with van der Waals surface area (Å²) in [7, 11) is 0. The van der Waals surface area contributed by atoms with Gasteiger partial charge in [-0.2, -0.15) is 0 Å². The standard InChI is InChI=1S/C10H9NO5/c1-10(9(12)13)8(16-10)6-4-2-3-5-7(6)11(14)15/h2-5,8H,1H3,(H,12,13)/t8-,10+/m0/s1. The number of para-hydroxylation sites is 1. The molecule has 0 radical (unpaired) electrons. The zero-order chi connectivity index (χ0) is 11.9. The number of epoxide rings is 1. The fraction of sp³-hybridized carbons (Fsp3) is 0.300. The maximum Gasteiger partial charge on any atom is 0.338 e. The summed E-state index contributed by atoms with van der Waals surface area (Å²) in [6.07, 6.45) is -0.744. The van der Waals surface area contributed by atoms with Crippen molar-refractivity contribution in [2.45, 2.75) is 18.6 Å². The van der Waals surface area contributed by atoms with Gasteiger partial charge in [0.2, 0.25) is 0 Å². The first-order valence-corrected chi connectivity index (χ1v) is 4.61. The molecular formula is C10H9NO5. The van der Waals surface area contributed by atoms with Gasteiger partial charge in [-0.3, -0.25) is 10.1 Å². The van der Waals surface area contributed by atoms with Gasteiger partial charge in [-0.25, -0.2) is 4.79 Å². The zero-order valence-corrected chi connectivity index (χ0v) is 8.41. The fourth-order valence-electron chi connectivity index (χ4n) is 1.61. The van der Waals surface area contributed by atoms with Crippen molar-refractivity contribution < 1.29 is 19.6 Å². The van der Waals surface area contributed by atoms with Crippen LogP contribution in [-0.2, 0) is 9.53 Å². The average Bonchev–Trinajstić information content (AvgIpc) is 2.92. The molecular weight excluding hydrogens is 214 g/mol. The lowest BCUT2D eigenvalue weighted by atomic mass is 10.00. The van der Waals surface area contributed by atoms with Gasteiger partial charge in [0.25, 0.3) is 5.69 Å². The molecule has 1 saturated heterocycles. The molecule has 0 aliphatic carbocycles. The van der Waals surface area contributed by atoms with E-state index in [0.717, 1.165) is 0 Å². The molecule has 0 amide bonds. The highest BCUT2D eigenvalue weighted by Crippen LogP contribution is 2.51. The molecule has 0 unspecified atom stereocenters. The van der Waals surface area contributed by atoms with E-state index in [2.05, 4.69) is 0 Å². The van der Waals surface area contributed by atoms with Crippen molar-refractivity contribution in [1.82, 2.24) is 0 Å². The minimum absolute atomic E-state index is 0.113. The van der Waals surface area contributed by atoms with Gasteiger partial charge in [-0.05, 0) is 13.0 Å². The SMILES string of the molecule is C[C@@]1(C(=O)O)O[C@H]1c1ccccc1[N+](=O)[O-]. The highest BCUT2D eigenvalue weighted by atomic mass is 16.6. The lowest BCUT2D eigenvalue weighted by Gasteiger charge is -2.00. The number of hydrogen-bond acceptors (Lipinski definition) is 4. The predicted molar refractivity (Wildman–Crippen MR) is 53.0 cm³/mol. The molecule has 1 aromatic rings. The number of benzene rings is 1. The van der Waals surface area contributed by atoms with Crippen molar-refractivity contribution in [3.8, 4) is 0 Å². The van der Waals surface area contributed by atoms with E-state index in [1.807, 2.05) is 0 Å². The molecule has 84 valence electrons. The molecule has 6 nitrogen and oxygen atoms in total. The quantitative estimate of drug-likeness (QED) is 0.476. The average molecular weight is 223 g/mol. The zero-order valence-electron chi connectivity index (χ0n) is 8.41. The van der Waals surface area contributed by atoms with Crippen LogP contribution in [0.4, 0.5) is 5.69 Å². The van der Waals surface area contributed by atoms with Gasteiger partial charge in [-0.15, -0.1) is 0 Å². The molecule has 1 aliphatic heterocycles. The largest absolute Gasteiger partial charge is 0.479 e. The number of carboxylic acid groups (broad SMARTS) is 1. The smallest absolute Gasteiger partial charge is 0.338 e. The van der Waals surface area contributed by atoms with E-state index in [9.17, 15) is 14.9 Å². The van der Waals surface area contributed by atoms with Crippen LogP contribution in [0.3, 0.4) is 0 Å². The van der Waals surface area contributed by atoms with E-state index < -0.39 is 22.6 Å². The Balaban J connectivity index is 2.37. The van der Waals surface area contributed by atoms with Gasteiger partial charge < -0.3 is 9.84 Å². The Morgan fingerprint density at radius 2 is 2.19 bits per heavy atom. The summed E-state index contributed by atoms with van der Waals surface area (Å²) in [5.41, 5.74) is -1.15. The third-order valence-electron chi connectivity index (χ3n) is 2.65. The molecule has 0 spiro atoms. The van der Waals surface area contributed by atoms with Crippen LogP contribution in [0.15, 0.2) is 24.3 Å². The van der Waals surface area contributed by atoms with Crippen LogP contribution < -0.4 is 0 Å². The Bertz CT molecular complexity index is 472. The molecule has 1 heterocycles. The van der Waals surface area contributed by atoms with Crippen molar-refractivity contribution in [1.29, 1.82) is 0 Å². The number of rotatable bonds is 3. The number of carbonyl (C=O) groups is 1. The summed E-state index contributed by atoms with van der Waals surface area (Å²) in [6, 6.07) is 5.99. The third-order valence-corrected chi connectivity index (χ3v) is 2.65. The fourth-order valence-corrected chi connectivity index (χ4v) is 1.61. The molecule has 2 rings (SSSR count). The van der Waals surface area contributed by atoms with Crippen LogP contribution >= 0.6 is 0 Å². The second kappa shape index (κ2) is 3.28. The Hall–Kier alpha value is -1.95. The lowest BCUT2D eigenvalue weighted by Crippen LogP contribution is -2.20. The first-order chi connectivity index (χ1) is 7.47. The van der Waals surface area contributed by atoms with E-state index in [1.54, 1.807) is 6.07 Å². The number of nitro groups is 1. The summed E-state index contributed by atoms with van der Waals surface area (Å²) in [6.45, 7) is 1.40.